The second-order valence-electron chi connectivity index (χ2n) is 14.6. The van der Waals surface area contributed by atoms with E-state index in [-0.39, 0.29) is 35.8 Å². The summed E-state index contributed by atoms with van der Waals surface area (Å²) in [6, 6.07) is 23.3. The van der Waals surface area contributed by atoms with Gasteiger partial charge in [0, 0.05) is 48.4 Å². The molecule has 11 nitrogen and oxygen atoms in total. The van der Waals surface area contributed by atoms with Crippen molar-refractivity contribution in [1.29, 1.82) is 0 Å². The number of aliphatic hydroxyl groups is 1. The van der Waals surface area contributed by atoms with Gasteiger partial charge in [-0.2, -0.15) is 0 Å². The number of nitrogens with zero attached hydrogens (tertiary/aromatic N) is 5. The number of carbonyl (C=O) groups is 2. The molecule has 5 atom stereocenters. The van der Waals surface area contributed by atoms with Crippen LogP contribution in [-0.2, 0) is 33.0 Å². The zero-order chi connectivity index (χ0) is 35.9. The maximum absolute atomic E-state index is 14.9. The Labute approximate surface area is 299 Å². The summed E-state index contributed by atoms with van der Waals surface area (Å²) < 4.78 is 14.4. The van der Waals surface area contributed by atoms with Crippen LogP contribution in [0.3, 0.4) is 0 Å². The van der Waals surface area contributed by atoms with E-state index in [0.29, 0.717) is 37.4 Å². The number of anilines is 2. The molecule has 2 N–H and O–H groups in total. The van der Waals surface area contributed by atoms with Crippen LogP contribution in [0.5, 0.6) is 5.75 Å². The van der Waals surface area contributed by atoms with Gasteiger partial charge in [-0.3, -0.25) is 14.3 Å². The minimum absolute atomic E-state index is 0.0927. The highest BCUT2D eigenvalue weighted by atomic mass is 28.4. The lowest BCUT2D eigenvalue weighted by atomic mass is 9.82. The van der Waals surface area contributed by atoms with Gasteiger partial charge in [-0.05, 0) is 73.8 Å². The number of fused-ring (bicyclic) bond motifs is 2. The Morgan fingerprint density at radius 1 is 1.06 bits per heavy atom. The van der Waals surface area contributed by atoms with E-state index >= 15 is 0 Å². The highest BCUT2D eigenvalue weighted by Gasteiger charge is 2.66. The number of rotatable bonds is 11. The fourth-order valence-corrected chi connectivity index (χ4v) is 11.2. The van der Waals surface area contributed by atoms with Crippen LogP contribution >= 0.6 is 0 Å². The summed E-state index contributed by atoms with van der Waals surface area (Å²) in [5, 5.41) is 18.9. The van der Waals surface area contributed by atoms with Crippen LogP contribution in [0.15, 0.2) is 79.0 Å². The first-order valence-electron chi connectivity index (χ1n) is 17.9. The van der Waals surface area contributed by atoms with Crippen molar-refractivity contribution in [1.82, 2.24) is 15.0 Å². The number of carbonyl (C=O) groups excluding carboxylic acids is 2. The van der Waals surface area contributed by atoms with Crippen molar-refractivity contribution in [3.8, 4) is 5.75 Å². The fourth-order valence-electron chi connectivity index (χ4n) is 8.55. The van der Waals surface area contributed by atoms with E-state index in [1.165, 1.54) is 0 Å². The number of piperidine rings is 1. The van der Waals surface area contributed by atoms with E-state index in [9.17, 15) is 19.5 Å². The molecule has 2 saturated heterocycles. The molecule has 2 fully saturated rings. The molecule has 0 radical (unpaired) electrons. The molecule has 3 aromatic carbocycles. The topological polar surface area (TPSA) is 130 Å². The van der Waals surface area contributed by atoms with Crippen LogP contribution < -0.4 is 14.5 Å². The molecular weight excluding hydrogens is 663 g/mol. The average molecular weight is 710 g/mol. The van der Waals surface area contributed by atoms with Crippen LogP contribution in [0.25, 0.3) is 0 Å². The van der Waals surface area contributed by atoms with E-state index in [2.05, 4.69) is 10.3 Å². The van der Waals surface area contributed by atoms with Gasteiger partial charge in [-0.25, -0.2) is 0 Å². The number of aryl methyl sites for hydroxylation is 1. The Hall–Kier alpha value is -4.36. The Morgan fingerprint density at radius 2 is 1.82 bits per heavy atom. The zero-order valence-corrected chi connectivity index (χ0v) is 30.7. The van der Waals surface area contributed by atoms with E-state index in [1.54, 1.807) is 16.7 Å². The Bertz CT molecular complexity index is 1880. The average Bonchev–Trinajstić information content (AvgIpc) is 3.78. The number of hydrogen-bond donors (Lipinski definition) is 2. The largest absolute Gasteiger partial charge is 0.497 e. The summed E-state index contributed by atoms with van der Waals surface area (Å²) in [6.07, 6.45) is 4.42. The van der Waals surface area contributed by atoms with Gasteiger partial charge in [0.1, 0.15) is 5.75 Å². The number of benzene rings is 3. The molecule has 3 aliphatic heterocycles. The third-order valence-electron chi connectivity index (χ3n) is 11.0. The lowest BCUT2D eigenvalue weighted by Gasteiger charge is -2.32. The first-order valence-corrected chi connectivity index (χ1v) is 20.9. The summed E-state index contributed by atoms with van der Waals surface area (Å²) in [4.78, 5) is 42.8. The predicted molar refractivity (Wildman–Crippen MR) is 196 cm³/mol. The Balaban J connectivity index is 1.16. The lowest BCUT2D eigenvalue weighted by molar-refractivity contribution is -0.146. The van der Waals surface area contributed by atoms with Crippen LogP contribution in [0.1, 0.15) is 60.9 Å². The number of aliphatic hydroxyl groups excluding tert-OH is 1. The van der Waals surface area contributed by atoms with Crippen molar-refractivity contribution < 1.29 is 29.0 Å². The predicted octanol–water partition coefficient (Wildman–Crippen LogP) is 5.36. The summed E-state index contributed by atoms with van der Waals surface area (Å²) in [5.74, 6) is -0.00325. The number of hydrogen-bond acceptors (Lipinski definition) is 8. The minimum atomic E-state index is -2.88. The molecule has 4 aromatic rings. The number of aromatic nitrogens is 3. The summed E-state index contributed by atoms with van der Waals surface area (Å²) >= 11 is 0. The van der Waals surface area contributed by atoms with E-state index in [0.717, 1.165) is 47.5 Å². The standard InChI is InChI=1S/C39H47N5O6Si/c1-26-37(51(3,4)48)35(19-21-42-24-33(40-41-42)31(25-45)28-10-6-5-7-11-28)50-39(26)32-22-30(49-2)17-18-34(32)44(38(39)47)23-27-13-15-29(16-14-27)43-20-9-8-12-36(43)46/h5-7,10-11,13-18,22,24,26,31,35,37,45,48H,8-9,12,19-21,23,25H2,1-4H3/t26-,31?,35+,37-,39+/m0/s1. The van der Waals surface area contributed by atoms with Gasteiger partial charge in [-0.15, -0.1) is 5.10 Å². The van der Waals surface area contributed by atoms with Gasteiger partial charge in [0.25, 0.3) is 5.91 Å². The molecular formula is C39H47N5O6Si. The normalized spacial score (nSPS) is 24.0. The van der Waals surface area contributed by atoms with Crippen LogP contribution in [0.4, 0.5) is 11.4 Å². The molecule has 1 aromatic heterocycles. The zero-order valence-electron chi connectivity index (χ0n) is 29.7. The van der Waals surface area contributed by atoms with Gasteiger partial charge in [-0.1, -0.05) is 54.6 Å². The first-order chi connectivity index (χ1) is 24.5. The van der Waals surface area contributed by atoms with Crippen molar-refractivity contribution in [3.05, 3.63) is 101 Å². The van der Waals surface area contributed by atoms with Crippen LogP contribution in [0, 0.1) is 5.92 Å². The second kappa shape index (κ2) is 14.0. The van der Waals surface area contributed by atoms with E-state index < -0.39 is 20.0 Å². The summed E-state index contributed by atoms with van der Waals surface area (Å²) in [5.41, 5.74) is 3.39. The van der Waals surface area contributed by atoms with Gasteiger partial charge >= 0.3 is 0 Å². The van der Waals surface area contributed by atoms with Gasteiger partial charge in [0.2, 0.25) is 5.91 Å². The molecule has 12 heteroatoms. The second-order valence-corrected chi connectivity index (χ2v) is 18.6. The molecule has 7 rings (SSSR count). The van der Waals surface area contributed by atoms with Crippen molar-refractivity contribution in [2.24, 2.45) is 5.92 Å². The fraction of sp³-hybridized carbons (Fsp3) is 0.436. The molecule has 0 aliphatic carbocycles. The molecule has 1 unspecified atom stereocenters. The van der Waals surface area contributed by atoms with Crippen molar-refractivity contribution in [2.45, 2.75) is 82.0 Å². The third kappa shape index (κ3) is 6.39. The monoisotopic (exact) mass is 709 g/mol. The van der Waals surface area contributed by atoms with Crippen LogP contribution in [-0.4, -0.2) is 71.4 Å². The quantitative estimate of drug-likeness (QED) is 0.199. The molecule has 1 spiro atoms. The number of amides is 2. The molecule has 0 bridgehead atoms. The lowest BCUT2D eigenvalue weighted by Crippen LogP contribution is -2.46. The van der Waals surface area contributed by atoms with Gasteiger partial charge in [0.05, 0.1) is 43.7 Å². The van der Waals surface area contributed by atoms with E-state index in [1.807, 2.05) is 104 Å². The Morgan fingerprint density at radius 3 is 2.51 bits per heavy atom. The van der Waals surface area contributed by atoms with E-state index in [4.69, 9.17) is 9.47 Å². The summed E-state index contributed by atoms with van der Waals surface area (Å²) in [6.45, 7) is 7.28. The minimum Gasteiger partial charge on any atom is -0.497 e. The summed E-state index contributed by atoms with van der Waals surface area (Å²) in [7, 11) is -1.27. The van der Waals surface area contributed by atoms with Crippen molar-refractivity contribution in [3.63, 3.8) is 0 Å². The maximum atomic E-state index is 14.9. The molecule has 0 saturated carbocycles. The highest BCUT2D eigenvalue weighted by molar-refractivity contribution is 6.71. The highest BCUT2D eigenvalue weighted by Crippen LogP contribution is 2.60. The maximum Gasteiger partial charge on any atom is 0.264 e. The van der Waals surface area contributed by atoms with Gasteiger partial charge < -0.3 is 29.2 Å². The van der Waals surface area contributed by atoms with Crippen molar-refractivity contribution >= 4 is 31.5 Å². The molecule has 268 valence electrons. The Kier molecular flexibility index (Phi) is 9.61. The third-order valence-corrected chi connectivity index (χ3v) is 13.5. The SMILES string of the molecule is COc1ccc2c(c1)[C@@]1(O[C@H](CCn3cc(C(CO)c4ccccc4)nn3)[C@@H]([Si](C)(C)O)[C@@H]1C)C(=O)N2Cc1ccc(N2CCCCC2=O)cc1. The van der Waals surface area contributed by atoms with Crippen LogP contribution in [0.2, 0.25) is 18.6 Å². The molecule has 3 aliphatic rings. The molecule has 51 heavy (non-hydrogen) atoms. The number of methoxy groups -OCH3 is 1. The molecule has 4 heterocycles. The van der Waals surface area contributed by atoms with Crippen molar-refractivity contribution in [2.75, 3.05) is 30.1 Å². The number of ether oxygens (including phenoxy) is 2. The first kappa shape index (κ1) is 35.1. The van der Waals surface area contributed by atoms with Gasteiger partial charge in [0.15, 0.2) is 13.9 Å². The smallest absolute Gasteiger partial charge is 0.264 e. The molecule has 2 amide bonds.